The van der Waals surface area contributed by atoms with Gasteiger partial charge in [-0.15, -0.1) is 0 Å². The Kier molecular flexibility index (Phi) is 4.12. The smallest absolute Gasteiger partial charge is 0.226 e. The van der Waals surface area contributed by atoms with Gasteiger partial charge in [-0.1, -0.05) is 0 Å². The molecule has 0 aliphatic rings. The van der Waals surface area contributed by atoms with E-state index in [4.69, 9.17) is 5.11 Å². The van der Waals surface area contributed by atoms with Gasteiger partial charge >= 0.3 is 0 Å². The molecule has 1 unspecified atom stereocenters. The van der Waals surface area contributed by atoms with Gasteiger partial charge < -0.3 is 10.4 Å². The summed E-state index contributed by atoms with van der Waals surface area (Å²) in [5.74, 6) is -0.0600. The van der Waals surface area contributed by atoms with Crippen LogP contribution in [0.3, 0.4) is 0 Å². The van der Waals surface area contributed by atoms with Crippen molar-refractivity contribution in [3.8, 4) is 0 Å². The monoisotopic (exact) mass is 197 g/mol. The van der Waals surface area contributed by atoms with Gasteiger partial charge in [0.05, 0.1) is 6.42 Å². The van der Waals surface area contributed by atoms with Crippen LogP contribution in [0.4, 0.5) is 0 Å². The van der Waals surface area contributed by atoms with Crippen molar-refractivity contribution in [1.29, 1.82) is 0 Å². The number of nitrogens with one attached hydrogen (secondary N) is 2. The first-order chi connectivity index (χ1) is 6.72. The number of aliphatic hydroxyl groups is 1. The third-order valence-corrected chi connectivity index (χ3v) is 1.88. The normalized spacial score (nSPS) is 12.4. The number of hydrogen-bond acceptors (Lipinski definition) is 3. The van der Waals surface area contributed by atoms with Crippen LogP contribution in [0.5, 0.6) is 0 Å². The fourth-order valence-electron chi connectivity index (χ4n) is 1.15. The van der Waals surface area contributed by atoms with Gasteiger partial charge in [-0.2, -0.15) is 5.10 Å². The van der Waals surface area contributed by atoms with Crippen LogP contribution >= 0.6 is 0 Å². The number of nitrogens with zero attached hydrogens (tertiary/aromatic N) is 1. The van der Waals surface area contributed by atoms with Gasteiger partial charge in [0, 0.05) is 24.5 Å². The van der Waals surface area contributed by atoms with E-state index in [1.165, 1.54) is 0 Å². The van der Waals surface area contributed by atoms with Crippen LogP contribution in [0, 0.1) is 0 Å². The zero-order valence-corrected chi connectivity index (χ0v) is 8.16. The van der Waals surface area contributed by atoms with Crippen LogP contribution in [-0.2, 0) is 11.2 Å². The summed E-state index contributed by atoms with van der Waals surface area (Å²) >= 11 is 0. The van der Waals surface area contributed by atoms with Crippen molar-refractivity contribution in [1.82, 2.24) is 15.5 Å². The molecule has 0 aromatic carbocycles. The van der Waals surface area contributed by atoms with Gasteiger partial charge in [0.25, 0.3) is 0 Å². The fraction of sp³-hybridized carbons (Fsp3) is 0.556. The molecule has 5 nitrogen and oxygen atoms in total. The molecule has 14 heavy (non-hydrogen) atoms. The molecule has 0 fully saturated rings. The second-order valence-electron chi connectivity index (χ2n) is 3.24. The molecule has 5 heteroatoms. The van der Waals surface area contributed by atoms with Crippen molar-refractivity contribution >= 4 is 5.91 Å². The first kappa shape index (κ1) is 10.7. The SMILES string of the molecule is CC(CCO)NC(=O)Cc1ccn[nH]1. The molecule has 0 bridgehead atoms. The summed E-state index contributed by atoms with van der Waals surface area (Å²) < 4.78 is 0. The molecule has 0 spiro atoms. The number of aromatic nitrogens is 2. The third-order valence-electron chi connectivity index (χ3n) is 1.88. The predicted octanol–water partition coefficient (Wildman–Crippen LogP) is -0.161. The molecule has 1 heterocycles. The van der Waals surface area contributed by atoms with Crippen molar-refractivity contribution in [2.75, 3.05) is 6.61 Å². The Morgan fingerprint density at radius 1 is 1.79 bits per heavy atom. The second-order valence-corrected chi connectivity index (χ2v) is 3.24. The minimum Gasteiger partial charge on any atom is -0.396 e. The van der Waals surface area contributed by atoms with E-state index in [1.807, 2.05) is 6.92 Å². The highest BCUT2D eigenvalue weighted by atomic mass is 16.3. The molecule has 0 saturated carbocycles. The quantitative estimate of drug-likeness (QED) is 0.613. The van der Waals surface area contributed by atoms with Crippen molar-refractivity contribution < 1.29 is 9.90 Å². The molecule has 1 rings (SSSR count). The van der Waals surface area contributed by atoms with Crippen LogP contribution in [-0.4, -0.2) is 33.9 Å². The number of aliphatic hydroxyl groups excluding tert-OH is 1. The van der Waals surface area contributed by atoms with Crippen molar-refractivity contribution in [2.45, 2.75) is 25.8 Å². The summed E-state index contributed by atoms with van der Waals surface area (Å²) in [6.07, 6.45) is 2.49. The Bertz CT molecular complexity index is 272. The van der Waals surface area contributed by atoms with E-state index < -0.39 is 0 Å². The topological polar surface area (TPSA) is 78.0 Å². The molecule has 78 valence electrons. The van der Waals surface area contributed by atoms with Crippen LogP contribution in [0.2, 0.25) is 0 Å². The van der Waals surface area contributed by atoms with Gasteiger partial charge in [0.1, 0.15) is 0 Å². The number of aromatic amines is 1. The van der Waals surface area contributed by atoms with Crippen molar-refractivity contribution in [3.05, 3.63) is 18.0 Å². The molecular weight excluding hydrogens is 182 g/mol. The molecule has 3 N–H and O–H groups in total. The molecule has 0 aliphatic carbocycles. The van der Waals surface area contributed by atoms with E-state index in [-0.39, 0.29) is 18.6 Å². The Morgan fingerprint density at radius 3 is 3.14 bits per heavy atom. The van der Waals surface area contributed by atoms with E-state index in [2.05, 4.69) is 15.5 Å². The van der Waals surface area contributed by atoms with E-state index in [1.54, 1.807) is 12.3 Å². The van der Waals surface area contributed by atoms with Gasteiger partial charge in [-0.25, -0.2) is 0 Å². The minimum absolute atomic E-state index is 0.00965. The summed E-state index contributed by atoms with van der Waals surface area (Å²) in [4.78, 5) is 11.4. The van der Waals surface area contributed by atoms with Crippen molar-refractivity contribution in [3.63, 3.8) is 0 Å². The number of rotatable bonds is 5. The largest absolute Gasteiger partial charge is 0.396 e. The van der Waals surface area contributed by atoms with Crippen LogP contribution in [0.1, 0.15) is 19.0 Å². The maximum atomic E-state index is 11.4. The Balaban J connectivity index is 2.29. The summed E-state index contributed by atoms with van der Waals surface area (Å²) in [6, 6.07) is 1.77. The molecule has 0 saturated heterocycles. The lowest BCUT2D eigenvalue weighted by molar-refractivity contribution is -0.121. The molecule has 0 radical (unpaired) electrons. The molecule has 1 aromatic rings. The Morgan fingerprint density at radius 2 is 2.57 bits per heavy atom. The zero-order valence-electron chi connectivity index (χ0n) is 8.16. The van der Waals surface area contributed by atoms with Gasteiger partial charge in [0.15, 0.2) is 0 Å². The number of hydrogen-bond donors (Lipinski definition) is 3. The lowest BCUT2D eigenvalue weighted by Crippen LogP contribution is -2.34. The number of H-pyrrole nitrogens is 1. The van der Waals surface area contributed by atoms with Crippen LogP contribution < -0.4 is 5.32 Å². The second kappa shape index (κ2) is 5.39. The summed E-state index contributed by atoms with van der Waals surface area (Å²) in [7, 11) is 0. The van der Waals surface area contributed by atoms with E-state index in [0.717, 1.165) is 5.69 Å². The van der Waals surface area contributed by atoms with E-state index in [9.17, 15) is 4.79 Å². The summed E-state index contributed by atoms with van der Waals surface area (Å²) in [5.41, 5.74) is 0.790. The van der Waals surface area contributed by atoms with Crippen LogP contribution in [0.25, 0.3) is 0 Å². The summed E-state index contributed by atoms with van der Waals surface area (Å²) in [6.45, 7) is 1.95. The van der Waals surface area contributed by atoms with E-state index in [0.29, 0.717) is 12.8 Å². The standard InChI is InChI=1S/C9H15N3O2/c1-7(3-5-13)11-9(14)6-8-2-4-10-12-8/h2,4,7,13H,3,5-6H2,1H3,(H,10,12)(H,11,14). The highest BCUT2D eigenvalue weighted by Gasteiger charge is 2.07. The highest BCUT2D eigenvalue weighted by Crippen LogP contribution is 1.95. The number of amides is 1. The van der Waals surface area contributed by atoms with Gasteiger partial charge in [-0.3, -0.25) is 9.89 Å². The Hall–Kier alpha value is -1.36. The molecule has 1 amide bonds. The van der Waals surface area contributed by atoms with Gasteiger partial charge in [-0.05, 0) is 19.4 Å². The lowest BCUT2D eigenvalue weighted by Gasteiger charge is -2.11. The Labute approximate surface area is 82.5 Å². The average Bonchev–Trinajstić information content (AvgIpc) is 2.56. The highest BCUT2D eigenvalue weighted by molar-refractivity contribution is 5.78. The molecular formula is C9H15N3O2. The molecule has 0 aliphatic heterocycles. The minimum atomic E-state index is -0.0600. The lowest BCUT2D eigenvalue weighted by atomic mass is 10.2. The number of carbonyl (C=O) groups is 1. The predicted molar refractivity (Wildman–Crippen MR) is 51.6 cm³/mol. The molecule has 1 aromatic heterocycles. The van der Waals surface area contributed by atoms with Crippen molar-refractivity contribution in [2.24, 2.45) is 0 Å². The average molecular weight is 197 g/mol. The maximum absolute atomic E-state index is 11.4. The van der Waals surface area contributed by atoms with Crippen LogP contribution in [0.15, 0.2) is 12.3 Å². The first-order valence-electron chi connectivity index (χ1n) is 4.61. The van der Waals surface area contributed by atoms with E-state index >= 15 is 0 Å². The molecule has 1 atom stereocenters. The number of carbonyl (C=O) groups excluding carboxylic acids is 1. The maximum Gasteiger partial charge on any atom is 0.226 e. The first-order valence-corrected chi connectivity index (χ1v) is 4.61. The third kappa shape index (κ3) is 3.57. The fourth-order valence-corrected chi connectivity index (χ4v) is 1.15. The zero-order chi connectivity index (χ0) is 10.4. The summed E-state index contributed by atoms with van der Waals surface area (Å²) in [5, 5.41) is 17.9. The van der Waals surface area contributed by atoms with Gasteiger partial charge in [0.2, 0.25) is 5.91 Å².